The number of carbonyl (C=O) groups is 1. The van der Waals surface area contributed by atoms with Gasteiger partial charge in [-0.25, -0.2) is 4.79 Å². The highest BCUT2D eigenvalue weighted by molar-refractivity contribution is 5.90. The van der Waals surface area contributed by atoms with Gasteiger partial charge in [-0.3, -0.25) is 9.88 Å². The lowest BCUT2D eigenvalue weighted by molar-refractivity contribution is 0.0689. The molecular formula is C14H22N2O3. The van der Waals surface area contributed by atoms with Gasteiger partial charge in [0.25, 0.3) is 0 Å². The van der Waals surface area contributed by atoms with E-state index in [4.69, 9.17) is 9.84 Å². The fourth-order valence-corrected chi connectivity index (χ4v) is 2.04. The molecule has 0 aliphatic heterocycles. The summed E-state index contributed by atoms with van der Waals surface area (Å²) in [5, 5.41) is 9.02. The van der Waals surface area contributed by atoms with E-state index in [-0.39, 0.29) is 5.56 Å². The first-order valence-electron chi connectivity index (χ1n) is 6.49. The van der Waals surface area contributed by atoms with Gasteiger partial charge < -0.3 is 9.84 Å². The van der Waals surface area contributed by atoms with Crippen molar-refractivity contribution in [2.75, 3.05) is 13.2 Å². The Kier molecular flexibility index (Phi) is 5.76. The number of carboxylic acid groups (broad SMARTS) is 1. The molecule has 0 bridgehead atoms. The molecule has 0 spiro atoms. The highest BCUT2D eigenvalue weighted by atomic mass is 16.5. The van der Waals surface area contributed by atoms with Crippen molar-refractivity contribution in [1.82, 2.24) is 9.88 Å². The molecule has 0 aliphatic carbocycles. The van der Waals surface area contributed by atoms with Crippen LogP contribution < -0.4 is 4.74 Å². The highest BCUT2D eigenvalue weighted by Crippen LogP contribution is 2.16. The summed E-state index contributed by atoms with van der Waals surface area (Å²) < 4.78 is 5.57. The summed E-state index contributed by atoms with van der Waals surface area (Å²) in [6.07, 6.45) is 2.84. The summed E-state index contributed by atoms with van der Waals surface area (Å²) in [5.74, 6) is -0.650. The molecule has 1 rings (SSSR count). The molecule has 106 valence electrons. The van der Waals surface area contributed by atoms with Crippen LogP contribution in [0.4, 0.5) is 0 Å². The predicted octanol–water partition coefficient (Wildman–Crippen LogP) is 2.28. The predicted molar refractivity (Wildman–Crippen MR) is 73.7 cm³/mol. The minimum Gasteiger partial charge on any atom is -0.491 e. The molecule has 1 heterocycles. The topological polar surface area (TPSA) is 62.7 Å². The summed E-state index contributed by atoms with van der Waals surface area (Å²) >= 11 is 0. The molecule has 19 heavy (non-hydrogen) atoms. The molecule has 0 amide bonds. The largest absolute Gasteiger partial charge is 0.491 e. The SMILES string of the molecule is CC(C)N(CCOc1ccncc1C(=O)O)C(C)C. The number of hydrogen-bond acceptors (Lipinski definition) is 4. The van der Waals surface area contributed by atoms with Crippen molar-refractivity contribution < 1.29 is 14.6 Å². The van der Waals surface area contributed by atoms with Crippen LogP contribution in [0.1, 0.15) is 38.1 Å². The standard InChI is InChI=1S/C14H22N2O3/c1-10(2)16(11(3)4)7-8-19-13-5-6-15-9-12(13)14(17)18/h5-6,9-11H,7-8H2,1-4H3,(H,17,18). The number of hydrogen-bond donors (Lipinski definition) is 1. The molecule has 0 atom stereocenters. The molecule has 0 unspecified atom stereocenters. The molecule has 0 aliphatic rings. The van der Waals surface area contributed by atoms with Crippen molar-refractivity contribution in [2.24, 2.45) is 0 Å². The average molecular weight is 266 g/mol. The van der Waals surface area contributed by atoms with Crippen LogP contribution in [0, 0.1) is 0 Å². The molecule has 0 fully saturated rings. The summed E-state index contributed by atoms with van der Waals surface area (Å²) in [5.41, 5.74) is 0.100. The Morgan fingerprint density at radius 3 is 2.53 bits per heavy atom. The molecule has 1 aromatic rings. The first-order chi connectivity index (χ1) is 8.93. The molecule has 0 saturated carbocycles. The second-order valence-corrected chi connectivity index (χ2v) is 4.95. The van der Waals surface area contributed by atoms with Gasteiger partial charge in [0.15, 0.2) is 0 Å². The van der Waals surface area contributed by atoms with Crippen LogP contribution in [-0.2, 0) is 0 Å². The summed E-state index contributed by atoms with van der Waals surface area (Å²) in [4.78, 5) is 17.1. The van der Waals surface area contributed by atoms with E-state index in [1.807, 2.05) is 0 Å². The van der Waals surface area contributed by atoms with E-state index in [1.54, 1.807) is 6.07 Å². The van der Waals surface area contributed by atoms with E-state index in [1.165, 1.54) is 12.4 Å². The Morgan fingerprint density at radius 1 is 1.37 bits per heavy atom. The fourth-order valence-electron chi connectivity index (χ4n) is 2.04. The number of ether oxygens (including phenoxy) is 1. The van der Waals surface area contributed by atoms with Crippen molar-refractivity contribution in [3.05, 3.63) is 24.0 Å². The van der Waals surface area contributed by atoms with E-state index >= 15 is 0 Å². The Morgan fingerprint density at radius 2 is 2.00 bits per heavy atom. The lowest BCUT2D eigenvalue weighted by atomic mass is 10.2. The van der Waals surface area contributed by atoms with Crippen molar-refractivity contribution >= 4 is 5.97 Å². The monoisotopic (exact) mass is 266 g/mol. The van der Waals surface area contributed by atoms with Gasteiger partial charge in [-0.1, -0.05) is 0 Å². The molecule has 5 nitrogen and oxygen atoms in total. The van der Waals surface area contributed by atoms with Crippen molar-refractivity contribution in [1.29, 1.82) is 0 Å². The zero-order valence-corrected chi connectivity index (χ0v) is 12.0. The van der Waals surface area contributed by atoms with E-state index < -0.39 is 5.97 Å². The average Bonchev–Trinajstić information content (AvgIpc) is 2.33. The highest BCUT2D eigenvalue weighted by Gasteiger charge is 2.14. The first-order valence-corrected chi connectivity index (χ1v) is 6.49. The van der Waals surface area contributed by atoms with Crippen LogP contribution in [-0.4, -0.2) is 46.2 Å². The van der Waals surface area contributed by atoms with Gasteiger partial charge in [0, 0.05) is 31.0 Å². The molecule has 1 N–H and O–H groups in total. The second-order valence-electron chi connectivity index (χ2n) is 4.95. The van der Waals surface area contributed by atoms with E-state index in [0.717, 1.165) is 6.54 Å². The zero-order chi connectivity index (χ0) is 14.4. The maximum Gasteiger partial charge on any atom is 0.341 e. The molecule has 0 aromatic carbocycles. The van der Waals surface area contributed by atoms with Gasteiger partial charge in [0.05, 0.1) is 0 Å². The summed E-state index contributed by atoms with van der Waals surface area (Å²) in [6.45, 7) is 9.76. The smallest absolute Gasteiger partial charge is 0.341 e. The molecule has 0 radical (unpaired) electrons. The normalized spacial score (nSPS) is 11.3. The Bertz CT molecular complexity index is 411. The van der Waals surface area contributed by atoms with Crippen LogP contribution >= 0.6 is 0 Å². The van der Waals surface area contributed by atoms with Crippen molar-refractivity contribution in [3.8, 4) is 5.75 Å². The number of rotatable bonds is 7. The van der Waals surface area contributed by atoms with Crippen LogP contribution in [0.3, 0.4) is 0 Å². The van der Waals surface area contributed by atoms with Gasteiger partial charge in [-0.2, -0.15) is 0 Å². The lowest BCUT2D eigenvalue weighted by Gasteiger charge is -2.30. The van der Waals surface area contributed by atoms with Gasteiger partial charge in [-0.05, 0) is 33.8 Å². The maximum absolute atomic E-state index is 11.0. The summed E-state index contributed by atoms with van der Waals surface area (Å²) in [7, 11) is 0. The molecule has 0 saturated heterocycles. The first kappa shape index (κ1) is 15.4. The van der Waals surface area contributed by atoms with E-state index in [2.05, 4.69) is 37.6 Å². The van der Waals surface area contributed by atoms with E-state index in [9.17, 15) is 4.79 Å². The lowest BCUT2D eigenvalue weighted by Crippen LogP contribution is -2.39. The second kappa shape index (κ2) is 7.09. The molecule has 5 heteroatoms. The Labute approximate surface area is 114 Å². The van der Waals surface area contributed by atoms with Gasteiger partial charge in [0.1, 0.15) is 17.9 Å². The molecular weight excluding hydrogens is 244 g/mol. The van der Waals surface area contributed by atoms with Gasteiger partial charge >= 0.3 is 5.97 Å². The number of nitrogens with zero attached hydrogens (tertiary/aromatic N) is 2. The van der Waals surface area contributed by atoms with Crippen LogP contribution in [0.2, 0.25) is 0 Å². The Balaban J connectivity index is 2.60. The van der Waals surface area contributed by atoms with Crippen LogP contribution in [0.5, 0.6) is 5.75 Å². The van der Waals surface area contributed by atoms with Gasteiger partial charge in [-0.15, -0.1) is 0 Å². The maximum atomic E-state index is 11.0. The quantitative estimate of drug-likeness (QED) is 0.820. The minimum absolute atomic E-state index is 0.100. The fraction of sp³-hybridized carbons (Fsp3) is 0.571. The third kappa shape index (κ3) is 4.52. The summed E-state index contributed by atoms with van der Waals surface area (Å²) in [6, 6.07) is 2.44. The third-order valence-corrected chi connectivity index (χ3v) is 2.95. The van der Waals surface area contributed by atoms with E-state index in [0.29, 0.717) is 24.4 Å². The number of carboxylic acids is 1. The number of aromatic carboxylic acids is 1. The Hall–Kier alpha value is -1.62. The zero-order valence-electron chi connectivity index (χ0n) is 12.0. The van der Waals surface area contributed by atoms with Gasteiger partial charge in [0.2, 0.25) is 0 Å². The molecule has 1 aromatic heterocycles. The minimum atomic E-state index is -1.02. The third-order valence-electron chi connectivity index (χ3n) is 2.95. The van der Waals surface area contributed by atoms with Crippen LogP contribution in [0.25, 0.3) is 0 Å². The number of pyridine rings is 1. The van der Waals surface area contributed by atoms with Crippen molar-refractivity contribution in [3.63, 3.8) is 0 Å². The van der Waals surface area contributed by atoms with Crippen LogP contribution in [0.15, 0.2) is 18.5 Å². The number of aromatic nitrogens is 1. The van der Waals surface area contributed by atoms with Crippen molar-refractivity contribution in [2.45, 2.75) is 39.8 Å².